The summed E-state index contributed by atoms with van der Waals surface area (Å²) in [6.45, 7) is 9.29. The molecule has 0 amide bonds. The van der Waals surface area contributed by atoms with Gasteiger partial charge in [-0.1, -0.05) is 50.6 Å². The lowest BCUT2D eigenvalue weighted by Crippen LogP contribution is -2.32. The number of thioether (sulfide) groups is 1. The minimum Gasteiger partial charge on any atom is -0.481 e. The predicted molar refractivity (Wildman–Crippen MR) is 99.1 cm³/mol. The van der Waals surface area contributed by atoms with Gasteiger partial charge in [0.25, 0.3) is 0 Å². The third kappa shape index (κ3) is 1.94. The Hall–Kier alpha value is -1.22. The Kier molecular flexibility index (Phi) is 3.48. The number of hydrogen-bond donors (Lipinski definition) is 1. The monoisotopic (exact) mass is 342 g/mol. The van der Waals surface area contributed by atoms with E-state index in [2.05, 4.69) is 52.0 Å². The van der Waals surface area contributed by atoms with Crippen LogP contribution in [-0.2, 0) is 4.79 Å². The number of carboxylic acid groups (broad SMARTS) is 1. The molecule has 0 radical (unpaired) electrons. The summed E-state index contributed by atoms with van der Waals surface area (Å²) in [7, 11) is 0. The van der Waals surface area contributed by atoms with E-state index in [-0.39, 0.29) is 22.7 Å². The van der Waals surface area contributed by atoms with Gasteiger partial charge < -0.3 is 5.11 Å². The Labute approximate surface area is 148 Å². The average Bonchev–Trinajstić information content (AvgIpc) is 2.86. The number of carbonyl (C=O) groups is 1. The highest BCUT2D eigenvalue weighted by Gasteiger charge is 2.63. The van der Waals surface area contributed by atoms with Crippen LogP contribution in [0, 0.1) is 29.6 Å². The van der Waals surface area contributed by atoms with Crippen LogP contribution in [0.2, 0.25) is 0 Å². The molecular formula is C21H26O2S. The molecule has 3 aliphatic rings. The number of fused-ring (bicyclic) bond motifs is 4. The number of allylic oxidation sites excluding steroid dienone is 2. The van der Waals surface area contributed by atoms with Crippen molar-refractivity contribution in [3.63, 3.8) is 0 Å². The van der Waals surface area contributed by atoms with E-state index in [0.29, 0.717) is 11.7 Å². The summed E-state index contributed by atoms with van der Waals surface area (Å²) in [6.07, 6.45) is 2.45. The van der Waals surface area contributed by atoms with E-state index in [0.717, 1.165) is 0 Å². The predicted octanol–water partition coefficient (Wildman–Crippen LogP) is 5.24. The van der Waals surface area contributed by atoms with Crippen molar-refractivity contribution < 1.29 is 9.90 Å². The van der Waals surface area contributed by atoms with Crippen LogP contribution < -0.4 is 0 Å². The van der Waals surface area contributed by atoms with Gasteiger partial charge in [0.2, 0.25) is 0 Å². The van der Waals surface area contributed by atoms with Gasteiger partial charge in [0.1, 0.15) is 0 Å². The number of benzene rings is 1. The molecular weight excluding hydrogens is 316 g/mol. The maximum Gasteiger partial charge on any atom is 0.308 e. The fraction of sp³-hybridized carbons (Fsp3) is 0.571. The lowest BCUT2D eigenvalue weighted by molar-refractivity contribution is -0.141. The zero-order valence-electron chi connectivity index (χ0n) is 14.9. The van der Waals surface area contributed by atoms with E-state index in [1.165, 1.54) is 34.4 Å². The summed E-state index contributed by atoms with van der Waals surface area (Å²) < 4.78 is 0. The Balaban J connectivity index is 1.89. The standard InChI is InChI=1S/C21H26O2S/c1-12-5-7-13(8-6-12)16-14(19(22)23)11-24-18-17(16)15-9-10-21(18,4)20(15,2)3/h5-8,14-16H,9-11H2,1-4H3,(H,22,23)/t14-,15+,16+,21-/m0/s1. The molecule has 3 heteroatoms. The molecule has 128 valence electrons. The van der Waals surface area contributed by atoms with Crippen LogP contribution in [0.15, 0.2) is 34.7 Å². The quantitative estimate of drug-likeness (QED) is 0.799. The van der Waals surface area contributed by atoms with Crippen molar-refractivity contribution in [2.24, 2.45) is 22.7 Å². The van der Waals surface area contributed by atoms with Gasteiger partial charge in [0.15, 0.2) is 0 Å². The maximum atomic E-state index is 12.0. The SMILES string of the molecule is Cc1ccc([C@H]2C3=C(SC[C@@H]2C(=O)O)[C@]2(C)CC[C@H]3C2(C)C)cc1. The van der Waals surface area contributed by atoms with Crippen LogP contribution in [0.25, 0.3) is 0 Å². The Morgan fingerprint density at radius 3 is 2.50 bits per heavy atom. The molecule has 2 aliphatic carbocycles. The van der Waals surface area contributed by atoms with E-state index in [4.69, 9.17) is 0 Å². The molecule has 2 bridgehead atoms. The van der Waals surface area contributed by atoms with Crippen LogP contribution in [0.4, 0.5) is 0 Å². The topological polar surface area (TPSA) is 37.3 Å². The molecule has 0 aromatic heterocycles. The van der Waals surface area contributed by atoms with Crippen molar-refractivity contribution in [3.8, 4) is 0 Å². The smallest absolute Gasteiger partial charge is 0.308 e. The van der Waals surface area contributed by atoms with Gasteiger partial charge in [-0.15, -0.1) is 11.8 Å². The molecule has 1 aromatic rings. The van der Waals surface area contributed by atoms with Crippen LogP contribution in [-0.4, -0.2) is 16.8 Å². The Morgan fingerprint density at radius 1 is 1.21 bits per heavy atom. The second-order valence-electron chi connectivity index (χ2n) is 8.57. The fourth-order valence-corrected chi connectivity index (χ4v) is 7.21. The minimum atomic E-state index is -0.648. The van der Waals surface area contributed by atoms with E-state index in [1.807, 2.05) is 11.8 Å². The summed E-state index contributed by atoms with van der Waals surface area (Å²) >= 11 is 1.83. The third-order valence-electron chi connectivity index (χ3n) is 7.26. The fourth-order valence-electron chi connectivity index (χ4n) is 5.41. The molecule has 1 aliphatic heterocycles. The van der Waals surface area contributed by atoms with Crippen molar-refractivity contribution in [2.45, 2.75) is 46.5 Å². The second kappa shape index (κ2) is 5.14. The Morgan fingerprint density at radius 2 is 1.88 bits per heavy atom. The molecule has 1 aromatic carbocycles. The van der Waals surface area contributed by atoms with E-state index >= 15 is 0 Å². The van der Waals surface area contributed by atoms with Gasteiger partial charge in [-0.05, 0) is 47.1 Å². The normalized spacial score (nSPS) is 36.8. The molecule has 4 atom stereocenters. The molecule has 0 saturated heterocycles. The van der Waals surface area contributed by atoms with Crippen molar-refractivity contribution in [2.75, 3.05) is 5.75 Å². The summed E-state index contributed by atoms with van der Waals surface area (Å²) in [4.78, 5) is 13.5. The first kappa shape index (κ1) is 16.3. The van der Waals surface area contributed by atoms with Gasteiger partial charge in [-0.25, -0.2) is 0 Å². The van der Waals surface area contributed by atoms with Crippen molar-refractivity contribution in [1.82, 2.24) is 0 Å². The highest BCUT2D eigenvalue weighted by Crippen LogP contribution is 2.73. The molecule has 0 unspecified atom stereocenters. The van der Waals surface area contributed by atoms with Crippen molar-refractivity contribution in [3.05, 3.63) is 45.9 Å². The third-order valence-corrected chi connectivity index (χ3v) is 8.76. The minimum absolute atomic E-state index is 0.0470. The van der Waals surface area contributed by atoms with E-state index < -0.39 is 5.97 Å². The first-order valence-corrected chi connectivity index (χ1v) is 9.92. The maximum absolute atomic E-state index is 12.0. The van der Waals surface area contributed by atoms with Crippen molar-refractivity contribution >= 4 is 17.7 Å². The summed E-state index contributed by atoms with van der Waals surface area (Å²) in [5.74, 6) is 0.315. The first-order valence-electron chi connectivity index (χ1n) is 8.94. The molecule has 1 saturated carbocycles. The summed E-state index contributed by atoms with van der Waals surface area (Å²) in [5.41, 5.74) is 4.34. The molecule has 2 nitrogen and oxygen atoms in total. The van der Waals surface area contributed by atoms with Crippen LogP contribution in [0.1, 0.15) is 50.7 Å². The number of aryl methyl sites for hydroxylation is 1. The first-order chi connectivity index (χ1) is 11.3. The lowest BCUT2D eigenvalue weighted by atomic mass is 9.69. The number of carboxylic acids is 1. The zero-order chi connectivity index (χ0) is 17.3. The second-order valence-corrected chi connectivity index (χ2v) is 9.60. The largest absolute Gasteiger partial charge is 0.481 e. The molecule has 1 fully saturated rings. The highest BCUT2D eigenvalue weighted by molar-refractivity contribution is 8.03. The van der Waals surface area contributed by atoms with Crippen molar-refractivity contribution in [1.29, 1.82) is 0 Å². The van der Waals surface area contributed by atoms with E-state index in [9.17, 15) is 9.90 Å². The summed E-state index contributed by atoms with van der Waals surface area (Å²) in [6, 6.07) is 8.54. The van der Waals surface area contributed by atoms with Gasteiger partial charge in [0, 0.05) is 17.1 Å². The van der Waals surface area contributed by atoms with Crippen LogP contribution in [0.5, 0.6) is 0 Å². The van der Waals surface area contributed by atoms with Gasteiger partial charge >= 0.3 is 5.97 Å². The number of aliphatic carboxylic acids is 1. The van der Waals surface area contributed by atoms with Gasteiger partial charge in [-0.2, -0.15) is 0 Å². The highest BCUT2D eigenvalue weighted by atomic mass is 32.2. The average molecular weight is 343 g/mol. The Bertz CT molecular complexity index is 731. The van der Waals surface area contributed by atoms with Gasteiger partial charge in [-0.3, -0.25) is 4.79 Å². The summed E-state index contributed by atoms with van der Waals surface area (Å²) in [5, 5.41) is 9.87. The zero-order valence-corrected chi connectivity index (χ0v) is 15.7. The number of rotatable bonds is 2. The number of hydrogen-bond acceptors (Lipinski definition) is 2. The van der Waals surface area contributed by atoms with E-state index in [1.54, 1.807) is 0 Å². The van der Waals surface area contributed by atoms with Gasteiger partial charge in [0.05, 0.1) is 5.92 Å². The molecule has 0 spiro atoms. The van der Waals surface area contributed by atoms with Crippen LogP contribution >= 0.6 is 11.8 Å². The van der Waals surface area contributed by atoms with Crippen LogP contribution in [0.3, 0.4) is 0 Å². The molecule has 24 heavy (non-hydrogen) atoms. The molecule has 4 rings (SSSR count). The molecule has 1 heterocycles. The molecule has 1 N–H and O–H groups in total. The lowest BCUT2D eigenvalue weighted by Gasteiger charge is -2.39.